The molecule has 5 rings (SSSR count). The normalized spacial score (nSPS) is 11.5. The van der Waals surface area contributed by atoms with Gasteiger partial charge in [-0.05, 0) is 72.8 Å². The Morgan fingerprint density at radius 1 is 0.568 bits per heavy atom. The summed E-state index contributed by atoms with van der Waals surface area (Å²) in [6.45, 7) is 0. The summed E-state index contributed by atoms with van der Waals surface area (Å²) in [6, 6.07) is 23.2. The lowest BCUT2D eigenvalue weighted by atomic mass is 10.2. The molecule has 0 saturated carbocycles. The fourth-order valence-corrected chi connectivity index (χ4v) is 3.57. The van der Waals surface area contributed by atoms with Crippen molar-refractivity contribution in [3.05, 3.63) is 95.0 Å². The van der Waals surface area contributed by atoms with Crippen LogP contribution in [0.2, 0.25) is 10.0 Å². The molecule has 0 aliphatic rings. The predicted molar refractivity (Wildman–Crippen MR) is 140 cm³/mol. The highest BCUT2D eigenvalue weighted by molar-refractivity contribution is 6.31. The van der Waals surface area contributed by atoms with Crippen molar-refractivity contribution in [3.63, 3.8) is 0 Å². The van der Waals surface area contributed by atoms with Gasteiger partial charge in [0.2, 0.25) is 11.8 Å². The van der Waals surface area contributed by atoms with Crippen LogP contribution >= 0.6 is 23.2 Å². The highest BCUT2D eigenvalue weighted by Crippen LogP contribution is 2.34. The van der Waals surface area contributed by atoms with Crippen molar-refractivity contribution < 1.29 is 14.6 Å². The van der Waals surface area contributed by atoms with Gasteiger partial charge in [-0.3, -0.25) is 0 Å². The van der Waals surface area contributed by atoms with Gasteiger partial charge in [0.05, 0.1) is 11.4 Å². The van der Waals surface area contributed by atoms with Gasteiger partial charge in [-0.25, -0.2) is 0 Å². The zero-order valence-electron chi connectivity index (χ0n) is 18.8. The van der Waals surface area contributed by atoms with Gasteiger partial charge in [0.15, 0.2) is 0 Å². The molecule has 4 aromatic carbocycles. The Balaban J connectivity index is 1.36. The number of halogens is 2. The van der Waals surface area contributed by atoms with E-state index in [1.165, 1.54) is 24.3 Å². The Morgan fingerprint density at radius 3 is 1.49 bits per heavy atom. The molecule has 0 aliphatic heterocycles. The van der Waals surface area contributed by atoms with E-state index >= 15 is 0 Å². The van der Waals surface area contributed by atoms with Crippen molar-refractivity contribution in [1.29, 1.82) is 0 Å². The zero-order chi connectivity index (χ0) is 25.8. The van der Waals surface area contributed by atoms with Gasteiger partial charge in [-0.1, -0.05) is 35.3 Å². The molecule has 0 saturated heterocycles. The summed E-state index contributed by atoms with van der Waals surface area (Å²) < 4.78 is 5.88. The molecule has 0 amide bonds. The van der Waals surface area contributed by atoms with Crippen LogP contribution in [-0.2, 0) is 0 Å². The number of phenols is 2. The summed E-state index contributed by atoms with van der Waals surface area (Å²) in [7, 11) is 0. The maximum atomic E-state index is 9.92. The first kappa shape index (κ1) is 24.1. The molecule has 9 nitrogen and oxygen atoms in total. The van der Waals surface area contributed by atoms with Gasteiger partial charge < -0.3 is 14.6 Å². The molecule has 0 atom stereocenters. The molecular weight excluding hydrogens is 515 g/mol. The largest absolute Gasteiger partial charge is 0.506 e. The molecule has 37 heavy (non-hydrogen) atoms. The lowest BCUT2D eigenvalue weighted by molar-refractivity contribution is 0.476. The van der Waals surface area contributed by atoms with Gasteiger partial charge in [-0.2, -0.15) is 10.2 Å². The zero-order valence-corrected chi connectivity index (χ0v) is 20.3. The molecule has 0 fully saturated rings. The molecule has 5 aromatic rings. The number of rotatable bonds is 6. The van der Waals surface area contributed by atoms with Crippen molar-refractivity contribution in [3.8, 4) is 34.4 Å². The van der Waals surface area contributed by atoms with Crippen molar-refractivity contribution in [2.75, 3.05) is 0 Å². The first-order valence-corrected chi connectivity index (χ1v) is 11.5. The van der Waals surface area contributed by atoms with E-state index in [0.29, 0.717) is 32.5 Å². The van der Waals surface area contributed by atoms with E-state index in [9.17, 15) is 10.2 Å². The summed E-state index contributed by atoms with van der Waals surface area (Å²) >= 11 is 11.9. The number of aromatic hydroxyl groups is 2. The molecule has 2 N–H and O–H groups in total. The van der Waals surface area contributed by atoms with Gasteiger partial charge in [0, 0.05) is 21.2 Å². The van der Waals surface area contributed by atoms with Crippen LogP contribution in [0.5, 0.6) is 11.5 Å². The molecule has 0 bridgehead atoms. The average molecular weight is 531 g/mol. The minimum Gasteiger partial charge on any atom is -0.506 e. The second kappa shape index (κ2) is 10.6. The van der Waals surface area contributed by atoms with E-state index in [-0.39, 0.29) is 34.7 Å². The van der Waals surface area contributed by atoms with Crippen LogP contribution in [0.1, 0.15) is 0 Å². The predicted octanol–water partition coefficient (Wildman–Crippen LogP) is 8.95. The van der Waals surface area contributed by atoms with E-state index in [1.807, 2.05) is 0 Å². The number of hydrogen-bond donors (Lipinski definition) is 2. The minimum absolute atomic E-state index is 0.0306. The quantitative estimate of drug-likeness (QED) is 0.211. The summed E-state index contributed by atoms with van der Waals surface area (Å²) in [4.78, 5) is 0. The van der Waals surface area contributed by atoms with E-state index in [0.717, 1.165) is 0 Å². The van der Waals surface area contributed by atoms with E-state index in [2.05, 4.69) is 30.7 Å². The maximum Gasteiger partial charge on any atom is 0.248 e. The maximum absolute atomic E-state index is 9.92. The summed E-state index contributed by atoms with van der Waals surface area (Å²) in [6.07, 6.45) is 0. The standard InChI is InChI=1S/C26H16Cl2N6O3/c27-17-7-9-23(35)21(13-17)31-29-19-5-1-3-15(11-19)25-33-34-26(37-25)16-4-2-6-20(12-16)30-32-22-14-18(28)8-10-24(22)36/h1-14,35-36H. The third-order valence-corrected chi connectivity index (χ3v) is 5.50. The molecule has 0 unspecified atom stereocenters. The van der Waals surface area contributed by atoms with Crippen LogP contribution in [0.3, 0.4) is 0 Å². The molecule has 1 heterocycles. The highest BCUT2D eigenvalue weighted by Gasteiger charge is 2.12. The summed E-state index contributed by atoms with van der Waals surface area (Å²) in [5.74, 6) is 0.510. The molecule has 0 radical (unpaired) electrons. The Morgan fingerprint density at radius 2 is 1.03 bits per heavy atom. The number of benzene rings is 4. The monoisotopic (exact) mass is 530 g/mol. The first-order chi connectivity index (χ1) is 17.9. The fourth-order valence-electron chi connectivity index (χ4n) is 3.24. The van der Waals surface area contributed by atoms with E-state index in [4.69, 9.17) is 27.6 Å². The van der Waals surface area contributed by atoms with Gasteiger partial charge in [0.25, 0.3) is 0 Å². The lowest BCUT2D eigenvalue weighted by Gasteiger charge is -2.00. The molecule has 1 aromatic heterocycles. The highest BCUT2D eigenvalue weighted by atomic mass is 35.5. The number of aromatic nitrogens is 2. The number of hydrogen-bond acceptors (Lipinski definition) is 9. The van der Waals surface area contributed by atoms with Crippen LogP contribution in [0.25, 0.3) is 22.9 Å². The number of phenolic OH excluding ortho intramolecular Hbond substituents is 2. The summed E-state index contributed by atoms with van der Waals surface area (Å²) in [5.41, 5.74) is 2.81. The topological polar surface area (TPSA) is 129 Å². The van der Waals surface area contributed by atoms with Gasteiger partial charge >= 0.3 is 0 Å². The van der Waals surface area contributed by atoms with Gasteiger partial charge in [-0.15, -0.1) is 20.4 Å². The first-order valence-electron chi connectivity index (χ1n) is 10.8. The Hall–Kier alpha value is -4.60. The van der Waals surface area contributed by atoms with Crippen LogP contribution in [0.15, 0.2) is 110 Å². The molecular formula is C26H16Cl2N6O3. The van der Waals surface area contributed by atoms with Crippen LogP contribution in [-0.4, -0.2) is 20.4 Å². The van der Waals surface area contributed by atoms with E-state index < -0.39 is 0 Å². The lowest BCUT2D eigenvalue weighted by Crippen LogP contribution is -1.77. The smallest absolute Gasteiger partial charge is 0.248 e. The van der Waals surface area contributed by atoms with Crippen LogP contribution in [0.4, 0.5) is 22.7 Å². The van der Waals surface area contributed by atoms with Crippen molar-refractivity contribution in [2.24, 2.45) is 20.5 Å². The van der Waals surface area contributed by atoms with Gasteiger partial charge in [0.1, 0.15) is 22.9 Å². The third-order valence-electron chi connectivity index (χ3n) is 5.03. The SMILES string of the molecule is Oc1ccc(Cl)cc1N=Nc1cccc(-c2nnc(-c3cccc(N=Nc4cc(Cl)ccc4O)c3)o2)c1. The second-order valence-corrected chi connectivity index (χ2v) is 8.55. The number of azo groups is 2. The second-order valence-electron chi connectivity index (χ2n) is 7.68. The van der Waals surface area contributed by atoms with Crippen molar-refractivity contribution >= 4 is 46.0 Å². The molecule has 0 spiro atoms. The Labute approximate surface area is 220 Å². The third kappa shape index (κ3) is 5.80. The average Bonchev–Trinajstić information content (AvgIpc) is 3.41. The fraction of sp³-hybridized carbons (Fsp3) is 0. The Kier molecular flexibility index (Phi) is 6.89. The Bertz CT molecular complexity index is 1530. The van der Waals surface area contributed by atoms with Crippen molar-refractivity contribution in [1.82, 2.24) is 10.2 Å². The molecule has 0 aliphatic carbocycles. The van der Waals surface area contributed by atoms with Crippen LogP contribution < -0.4 is 0 Å². The molecule has 11 heteroatoms. The number of nitrogens with zero attached hydrogens (tertiary/aromatic N) is 6. The molecule has 182 valence electrons. The summed E-state index contributed by atoms with van der Waals surface area (Å²) in [5, 5.41) is 45.5. The van der Waals surface area contributed by atoms with E-state index in [1.54, 1.807) is 60.7 Å². The van der Waals surface area contributed by atoms with Crippen LogP contribution in [0, 0.1) is 0 Å². The minimum atomic E-state index is -0.0306. The van der Waals surface area contributed by atoms with Crippen molar-refractivity contribution in [2.45, 2.75) is 0 Å².